The number of hydrogen-bond donors (Lipinski definition) is 1. The zero-order valence-corrected chi connectivity index (χ0v) is 12.3. The summed E-state index contributed by atoms with van der Waals surface area (Å²) in [6.45, 7) is 8.64. The van der Waals surface area contributed by atoms with Gasteiger partial charge >= 0.3 is 0 Å². The Labute approximate surface area is 116 Å². The highest BCUT2D eigenvalue weighted by atomic mass is 16.5. The highest BCUT2D eigenvalue weighted by Crippen LogP contribution is 2.31. The summed E-state index contributed by atoms with van der Waals surface area (Å²) in [5.41, 5.74) is 1.18. The molecule has 1 aliphatic rings. The van der Waals surface area contributed by atoms with Crippen LogP contribution in [0.3, 0.4) is 0 Å². The van der Waals surface area contributed by atoms with E-state index in [0.717, 1.165) is 26.0 Å². The predicted molar refractivity (Wildman–Crippen MR) is 78.3 cm³/mol. The van der Waals surface area contributed by atoms with Crippen LogP contribution in [0.15, 0.2) is 24.4 Å². The van der Waals surface area contributed by atoms with Gasteiger partial charge in [0, 0.05) is 36.4 Å². The fourth-order valence-electron chi connectivity index (χ4n) is 3.06. The molecule has 1 aliphatic heterocycles. The lowest BCUT2D eigenvalue weighted by Crippen LogP contribution is -2.43. The molecule has 1 aromatic heterocycles. The molecular formula is C16H26N2O. The molecule has 2 heterocycles. The molecule has 106 valence electrons. The van der Waals surface area contributed by atoms with Crippen LogP contribution in [0.4, 0.5) is 0 Å². The average Bonchev–Trinajstić information content (AvgIpc) is 2.86. The van der Waals surface area contributed by atoms with Crippen molar-refractivity contribution in [2.24, 2.45) is 5.92 Å². The van der Waals surface area contributed by atoms with Crippen LogP contribution in [-0.2, 0) is 4.74 Å². The first kappa shape index (κ1) is 14.5. The minimum absolute atomic E-state index is 0.348. The third-order valence-corrected chi connectivity index (χ3v) is 4.22. The highest BCUT2D eigenvalue weighted by molar-refractivity contribution is 5.12. The molecular weight excluding hydrogens is 236 g/mol. The van der Waals surface area contributed by atoms with E-state index in [4.69, 9.17) is 4.74 Å². The molecule has 0 saturated carbocycles. The van der Waals surface area contributed by atoms with Gasteiger partial charge in [-0.2, -0.15) is 0 Å². The lowest BCUT2D eigenvalue weighted by atomic mass is 9.83. The number of aromatic nitrogens is 1. The second kappa shape index (κ2) is 7.01. The van der Waals surface area contributed by atoms with Crippen molar-refractivity contribution < 1.29 is 4.74 Å². The fourth-order valence-corrected chi connectivity index (χ4v) is 3.06. The molecule has 4 unspecified atom stereocenters. The summed E-state index contributed by atoms with van der Waals surface area (Å²) in [4.78, 5) is 4.52. The van der Waals surface area contributed by atoms with Gasteiger partial charge in [0.05, 0.1) is 6.10 Å². The third kappa shape index (κ3) is 3.54. The Morgan fingerprint density at radius 2 is 2.32 bits per heavy atom. The van der Waals surface area contributed by atoms with E-state index in [1.54, 1.807) is 0 Å². The first-order chi connectivity index (χ1) is 9.24. The molecule has 1 N–H and O–H groups in total. The molecule has 0 aliphatic carbocycles. The summed E-state index contributed by atoms with van der Waals surface area (Å²) in [6, 6.07) is 6.63. The van der Waals surface area contributed by atoms with Gasteiger partial charge in [-0.05, 0) is 38.4 Å². The number of nitrogens with zero attached hydrogens (tertiary/aromatic N) is 1. The van der Waals surface area contributed by atoms with Crippen molar-refractivity contribution in [3.05, 3.63) is 30.1 Å². The van der Waals surface area contributed by atoms with Crippen LogP contribution in [0.2, 0.25) is 0 Å². The predicted octanol–water partition coefficient (Wildman–Crippen LogP) is 2.98. The topological polar surface area (TPSA) is 34.2 Å². The van der Waals surface area contributed by atoms with E-state index < -0.39 is 0 Å². The molecule has 4 atom stereocenters. The number of ether oxygens (including phenoxy) is 1. The molecule has 2 rings (SSSR count). The Morgan fingerprint density at radius 3 is 2.89 bits per heavy atom. The SMILES string of the molecule is CCCNC(C(C)c1ccccn1)C1CCOC1C. The minimum atomic E-state index is 0.348. The van der Waals surface area contributed by atoms with Gasteiger partial charge in [-0.1, -0.05) is 19.9 Å². The smallest absolute Gasteiger partial charge is 0.0591 e. The number of rotatable bonds is 6. The maximum absolute atomic E-state index is 5.75. The van der Waals surface area contributed by atoms with Crippen molar-refractivity contribution in [3.8, 4) is 0 Å². The monoisotopic (exact) mass is 262 g/mol. The van der Waals surface area contributed by atoms with E-state index in [9.17, 15) is 0 Å². The van der Waals surface area contributed by atoms with E-state index in [-0.39, 0.29) is 0 Å². The second-order valence-electron chi connectivity index (χ2n) is 5.55. The molecule has 0 bridgehead atoms. The Hall–Kier alpha value is -0.930. The lowest BCUT2D eigenvalue weighted by Gasteiger charge is -2.32. The molecule has 19 heavy (non-hydrogen) atoms. The Kier molecular flexibility index (Phi) is 5.34. The average molecular weight is 262 g/mol. The molecule has 1 aromatic rings. The van der Waals surface area contributed by atoms with Crippen molar-refractivity contribution in [1.29, 1.82) is 0 Å². The highest BCUT2D eigenvalue weighted by Gasteiger charge is 2.35. The Balaban J connectivity index is 2.12. The zero-order valence-electron chi connectivity index (χ0n) is 12.3. The van der Waals surface area contributed by atoms with Gasteiger partial charge in [-0.25, -0.2) is 0 Å². The van der Waals surface area contributed by atoms with Crippen LogP contribution in [0.5, 0.6) is 0 Å². The number of pyridine rings is 1. The quantitative estimate of drug-likeness (QED) is 0.856. The Bertz CT molecular complexity index is 368. The standard InChI is InChI=1S/C16H26N2O/c1-4-9-18-16(14-8-11-19-13(14)3)12(2)15-7-5-6-10-17-15/h5-7,10,12-14,16,18H,4,8-9,11H2,1-3H3. The van der Waals surface area contributed by atoms with Gasteiger partial charge in [0.1, 0.15) is 0 Å². The summed E-state index contributed by atoms with van der Waals surface area (Å²) in [5, 5.41) is 3.72. The van der Waals surface area contributed by atoms with Crippen molar-refractivity contribution in [2.75, 3.05) is 13.2 Å². The maximum atomic E-state index is 5.75. The summed E-state index contributed by atoms with van der Waals surface area (Å²) < 4.78 is 5.75. The van der Waals surface area contributed by atoms with Crippen molar-refractivity contribution in [3.63, 3.8) is 0 Å². The maximum Gasteiger partial charge on any atom is 0.0591 e. The fraction of sp³-hybridized carbons (Fsp3) is 0.688. The van der Waals surface area contributed by atoms with Crippen LogP contribution >= 0.6 is 0 Å². The lowest BCUT2D eigenvalue weighted by molar-refractivity contribution is 0.0922. The summed E-state index contributed by atoms with van der Waals surface area (Å²) >= 11 is 0. The van der Waals surface area contributed by atoms with Crippen LogP contribution in [-0.4, -0.2) is 30.3 Å². The van der Waals surface area contributed by atoms with Crippen molar-refractivity contribution in [2.45, 2.75) is 51.7 Å². The Morgan fingerprint density at radius 1 is 1.47 bits per heavy atom. The molecule has 0 radical (unpaired) electrons. The first-order valence-corrected chi connectivity index (χ1v) is 7.50. The molecule has 1 saturated heterocycles. The number of hydrogen-bond acceptors (Lipinski definition) is 3. The summed E-state index contributed by atoms with van der Waals surface area (Å²) in [6.07, 6.45) is 4.55. The van der Waals surface area contributed by atoms with Crippen molar-refractivity contribution in [1.82, 2.24) is 10.3 Å². The van der Waals surface area contributed by atoms with Gasteiger partial charge in [-0.3, -0.25) is 4.98 Å². The van der Waals surface area contributed by atoms with Gasteiger partial charge in [0.15, 0.2) is 0 Å². The van der Waals surface area contributed by atoms with Crippen LogP contribution in [0, 0.1) is 5.92 Å². The van der Waals surface area contributed by atoms with Gasteiger partial charge < -0.3 is 10.1 Å². The van der Waals surface area contributed by atoms with Crippen LogP contribution < -0.4 is 5.32 Å². The molecule has 0 amide bonds. The third-order valence-electron chi connectivity index (χ3n) is 4.22. The molecule has 1 fully saturated rings. The number of nitrogens with one attached hydrogen (secondary N) is 1. The van der Waals surface area contributed by atoms with Gasteiger partial charge in [-0.15, -0.1) is 0 Å². The second-order valence-corrected chi connectivity index (χ2v) is 5.55. The largest absolute Gasteiger partial charge is 0.378 e. The van der Waals surface area contributed by atoms with E-state index in [2.05, 4.69) is 43.2 Å². The van der Waals surface area contributed by atoms with E-state index in [1.165, 1.54) is 5.69 Å². The van der Waals surface area contributed by atoms with Crippen LogP contribution in [0.25, 0.3) is 0 Å². The van der Waals surface area contributed by atoms with Crippen LogP contribution in [0.1, 0.15) is 45.2 Å². The minimum Gasteiger partial charge on any atom is -0.378 e. The molecule has 0 aromatic carbocycles. The zero-order chi connectivity index (χ0) is 13.7. The first-order valence-electron chi connectivity index (χ1n) is 7.50. The van der Waals surface area contributed by atoms with E-state index in [0.29, 0.717) is 24.0 Å². The molecule has 0 spiro atoms. The van der Waals surface area contributed by atoms with Gasteiger partial charge in [0.25, 0.3) is 0 Å². The van der Waals surface area contributed by atoms with E-state index in [1.807, 2.05) is 12.3 Å². The summed E-state index contributed by atoms with van der Waals surface area (Å²) in [7, 11) is 0. The molecule has 3 heteroatoms. The van der Waals surface area contributed by atoms with E-state index >= 15 is 0 Å². The molecule has 3 nitrogen and oxygen atoms in total. The summed E-state index contributed by atoms with van der Waals surface area (Å²) in [5.74, 6) is 1.01. The van der Waals surface area contributed by atoms with Gasteiger partial charge in [0.2, 0.25) is 0 Å². The van der Waals surface area contributed by atoms with Crippen molar-refractivity contribution >= 4 is 0 Å². The normalized spacial score (nSPS) is 26.3.